The Morgan fingerprint density at radius 1 is 1.39 bits per heavy atom. The van der Waals surface area contributed by atoms with E-state index in [2.05, 4.69) is 46.2 Å². The molecule has 0 saturated heterocycles. The molecule has 0 unspecified atom stereocenters. The van der Waals surface area contributed by atoms with Crippen molar-refractivity contribution in [1.29, 1.82) is 0 Å². The molecule has 0 bridgehead atoms. The molecule has 0 aliphatic carbocycles. The van der Waals surface area contributed by atoms with E-state index in [9.17, 15) is 0 Å². The number of likely N-dealkylation sites (N-methyl/N-ethyl adjacent to an activating group) is 1. The molecule has 2 rings (SSSR count). The third-order valence-electron chi connectivity index (χ3n) is 2.78. The van der Waals surface area contributed by atoms with Crippen LogP contribution >= 0.6 is 15.9 Å². The van der Waals surface area contributed by atoms with Crippen LogP contribution in [0.2, 0.25) is 0 Å². The second-order valence-corrected chi connectivity index (χ2v) is 4.88. The Bertz CT molecular complexity index is 436. The lowest BCUT2D eigenvalue weighted by Crippen LogP contribution is -2.28. The molecule has 1 aromatic rings. The van der Waals surface area contributed by atoms with Crippen molar-refractivity contribution in [2.24, 2.45) is 4.99 Å². The Morgan fingerprint density at radius 2 is 2.17 bits per heavy atom. The molecule has 0 fully saturated rings. The number of aliphatic imine (C=N–C) groups is 1. The van der Waals surface area contributed by atoms with Crippen LogP contribution in [0.1, 0.15) is 25.6 Å². The van der Waals surface area contributed by atoms with Gasteiger partial charge in [-0.05, 0) is 19.5 Å². The molecule has 0 saturated carbocycles. The monoisotopic (exact) mass is 311 g/mol. The van der Waals surface area contributed by atoms with Crippen LogP contribution in [0.4, 0.5) is 0 Å². The first-order valence-corrected chi connectivity index (χ1v) is 7.02. The largest absolute Gasteiger partial charge is 0.387 e. The van der Waals surface area contributed by atoms with Crippen molar-refractivity contribution in [2.45, 2.75) is 20.0 Å². The number of hydrogen-bond acceptors (Lipinski definition) is 4. The molecular weight excluding hydrogens is 294 g/mol. The van der Waals surface area contributed by atoms with Gasteiger partial charge in [-0.3, -0.25) is 0 Å². The van der Waals surface area contributed by atoms with Crippen LogP contribution in [0.15, 0.2) is 33.7 Å². The van der Waals surface area contributed by atoms with Crippen molar-refractivity contribution in [1.82, 2.24) is 10.4 Å². The summed E-state index contributed by atoms with van der Waals surface area (Å²) in [4.78, 5) is 10.4. The van der Waals surface area contributed by atoms with Gasteiger partial charge in [0.15, 0.2) is 6.17 Å². The van der Waals surface area contributed by atoms with E-state index in [0.29, 0.717) is 6.54 Å². The quantitative estimate of drug-likeness (QED) is 0.908. The van der Waals surface area contributed by atoms with Crippen molar-refractivity contribution in [3.8, 4) is 0 Å². The van der Waals surface area contributed by atoms with Crippen LogP contribution in [0, 0.1) is 0 Å². The summed E-state index contributed by atoms with van der Waals surface area (Å²) >= 11 is 3.57. The summed E-state index contributed by atoms with van der Waals surface area (Å²) in [5.74, 6) is 0.749. The van der Waals surface area contributed by atoms with Crippen molar-refractivity contribution >= 4 is 21.8 Å². The van der Waals surface area contributed by atoms with Crippen molar-refractivity contribution in [2.75, 3.05) is 19.6 Å². The van der Waals surface area contributed by atoms with E-state index in [1.54, 1.807) is 0 Å². The number of rotatable bonds is 5. The molecule has 0 aromatic heterocycles. The van der Waals surface area contributed by atoms with Gasteiger partial charge in [0.1, 0.15) is 0 Å². The first kappa shape index (κ1) is 13.5. The summed E-state index contributed by atoms with van der Waals surface area (Å²) in [6.45, 7) is 6.52. The summed E-state index contributed by atoms with van der Waals surface area (Å²) in [6.07, 6.45) is -0.0563. The average molecular weight is 312 g/mol. The highest BCUT2D eigenvalue weighted by Crippen LogP contribution is 2.32. The summed E-state index contributed by atoms with van der Waals surface area (Å²) in [6, 6.07) is 8.12. The van der Waals surface area contributed by atoms with E-state index in [1.807, 2.05) is 23.3 Å². The molecule has 4 nitrogen and oxygen atoms in total. The Balaban J connectivity index is 2.19. The van der Waals surface area contributed by atoms with Crippen LogP contribution in [0.5, 0.6) is 0 Å². The minimum atomic E-state index is -0.0563. The van der Waals surface area contributed by atoms with Gasteiger partial charge < -0.3 is 10.2 Å². The highest BCUT2D eigenvalue weighted by Gasteiger charge is 2.29. The van der Waals surface area contributed by atoms with E-state index < -0.39 is 0 Å². The molecule has 0 spiro atoms. The Labute approximate surface area is 116 Å². The number of halogens is 1. The maximum atomic E-state index is 5.73. The van der Waals surface area contributed by atoms with Gasteiger partial charge in [0, 0.05) is 16.6 Å². The Hall–Kier alpha value is -0.910. The van der Waals surface area contributed by atoms with Crippen molar-refractivity contribution in [3.05, 3.63) is 34.3 Å². The van der Waals surface area contributed by atoms with E-state index in [4.69, 9.17) is 4.84 Å². The number of hydroxylamine groups is 2. The van der Waals surface area contributed by atoms with Crippen molar-refractivity contribution < 1.29 is 4.84 Å². The molecule has 0 amide bonds. The van der Waals surface area contributed by atoms with Gasteiger partial charge in [0.25, 0.3) is 0 Å². The lowest BCUT2D eigenvalue weighted by atomic mass is 10.2. The molecule has 18 heavy (non-hydrogen) atoms. The first-order valence-electron chi connectivity index (χ1n) is 6.22. The molecular formula is C13H18BrN3O. The van der Waals surface area contributed by atoms with Gasteiger partial charge >= 0.3 is 0 Å². The number of benzene rings is 1. The third kappa shape index (κ3) is 2.91. The second-order valence-electron chi connectivity index (χ2n) is 4.02. The number of nitrogens with one attached hydrogen (secondary N) is 1. The van der Waals surface area contributed by atoms with E-state index in [-0.39, 0.29) is 6.17 Å². The fourth-order valence-corrected chi connectivity index (χ4v) is 2.36. The van der Waals surface area contributed by atoms with Crippen LogP contribution < -0.4 is 5.32 Å². The normalized spacial score (nSPS) is 19.7. The van der Waals surface area contributed by atoms with Crippen molar-refractivity contribution in [3.63, 3.8) is 0 Å². The number of hydrogen-bond donors (Lipinski definition) is 1. The average Bonchev–Trinajstić information content (AvgIpc) is 2.80. The highest BCUT2D eigenvalue weighted by molar-refractivity contribution is 9.10. The molecule has 5 heteroatoms. The Morgan fingerprint density at radius 3 is 2.83 bits per heavy atom. The molecule has 1 heterocycles. The summed E-state index contributed by atoms with van der Waals surface area (Å²) in [5, 5.41) is 5.12. The van der Waals surface area contributed by atoms with Crippen LogP contribution in [-0.2, 0) is 4.84 Å². The fraction of sp³-hybridized carbons (Fsp3) is 0.462. The van der Waals surface area contributed by atoms with Gasteiger partial charge in [0.2, 0.25) is 5.90 Å². The summed E-state index contributed by atoms with van der Waals surface area (Å²) in [5.41, 5.74) is 1.13. The van der Waals surface area contributed by atoms with Gasteiger partial charge in [-0.1, -0.05) is 41.1 Å². The van der Waals surface area contributed by atoms with Gasteiger partial charge in [-0.15, -0.1) is 5.06 Å². The predicted octanol–water partition coefficient (Wildman–Crippen LogP) is 2.72. The van der Waals surface area contributed by atoms with Gasteiger partial charge in [0.05, 0.1) is 6.54 Å². The van der Waals surface area contributed by atoms with Gasteiger partial charge in [-0.2, -0.15) is 0 Å². The molecule has 1 aromatic carbocycles. The molecule has 1 atom stereocenters. The Kier molecular flexibility index (Phi) is 4.74. The predicted molar refractivity (Wildman–Crippen MR) is 76.3 cm³/mol. The standard InChI is InChI=1S/C13H18BrN3O/c1-3-15-9-12-16-13(17(4-2)18-12)10-7-5-6-8-11(10)14/h5-8,13,15H,3-4,9H2,1-2H3/t13-/m1/s1. The molecule has 1 N–H and O–H groups in total. The zero-order valence-electron chi connectivity index (χ0n) is 10.7. The maximum absolute atomic E-state index is 5.73. The van der Waals surface area contributed by atoms with Crippen LogP contribution in [-0.4, -0.2) is 30.6 Å². The molecule has 1 aliphatic rings. The maximum Gasteiger partial charge on any atom is 0.225 e. The summed E-state index contributed by atoms with van der Waals surface area (Å²) < 4.78 is 1.06. The number of nitrogens with zero attached hydrogens (tertiary/aromatic N) is 2. The summed E-state index contributed by atoms with van der Waals surface area (Å²) in [7, 11) is 0. The zero-order chi connectivity index (χ0) is 13.0. The zero-order valence-corrected chi connectivity index (χ0v) is 12.3. The lowest BCUT2D eigenvalue weighted by molar-refractivity contribution is -0.0812. The highest BCUT2D eigenvalue weighted by atomic mass is 79.9. The van der Waals surface area contributed by atoms with Gasteiger partial charge in [-0.25, -0.2) is 4.99 Å². The molecule has 1 aliphatic heterocycles. The SMILES string of the molecule is CCNCC1=N[C@@H](c2ccccc2Br)N(CC)O1. The van der Waals surface area contributed by atoms with E-state index >= 15 is 0 Å². The first-order chi connectivity index (χ1) is 8.76. The fourth-order valence-electron chi connectivity index (χ4n) is 1.87. The van der Waals surface area contributed by atoms with Crippen LogP contribution in [0.3, 0.4) is 0 Å². The molecule has 98 valence electrons. The second kappa shape index (κ2) is 6.31. The minimum absolute atomic E-state index is 0.0563. The third-order valence-corrected chi connectivity index (χ3v) is 3.51. The van der Waals surface area contributed by atoms with E-state index in [0.717, 1.165) is 29.0 Å². The minimum Gasteiger partial charge on any atom is -0.387 e. The topological polar surface area (TPSA) is 36.9 Å². The molecule has 0 radical (unpaired) electrons. The lowest BCUT2D eigenvalue weighted by Gasteiger charge is -2.20. The van der Waals surface area contributed by atoms with Crippen LogP contribution in [0.25, 0.3) is 0 Å². The smallest absolute Gasteiger partial charge is 0.225 e. The van der Waals surface area contributed by atoms with E-state index in [1.165, 1.54) is 0 Å².